The predicted octanol–water partition coefficient (Wildman–Crippen LogP) is 3.96. The molecular weight excluding hydrogens is 310 g/mol. The average Bonchev–Trinajstić information content (AvgIpc) is 2.56. The van der Waals surface area contributed by atoms with Gasteiger partial charge in [0, 0.05) is 32.4 Å². The fourth-order valence-corrected chi connectivity index (χ4v) is 3.09. The second kappa shape index (κ2) is 7.62. The minimum Gasteiger partial charge on any atom is -0.435 e. The van der Waals surface area contributed by atoms with Gasteiger partial charge in [-0.1, -0.05) is 24.3 Å². The molecule has 0 atom stereocenters. The summed E-state index contributed by atoms with van der Waals surface area (Å²) < 4.78 is 28.6. The molecule has 5 heteroatoms. The minimum absolute atomic E-state index is 0.188. The van der Waals surface area contributed by atoms with Crippen molar-refractivity contribution in [3.05, 3.63) is 59.2 Å². The lowest BCUT2D eigenvalue weighted by Gasteiger charge is -2.27. The molecule has 1 heterocycles. The molecule has 0 unspecified atom stereocenters. The number of anilines is 1. The topological polar surface area (TPSA) is 24.5 Å². The summed E-state index contributed by atoms with van der Waals surface area (Å²) in [7, 11) is 2.14. The van der Waals surface area contributed by atoms with E-state index in [-0.39, 0.29) is 5.75 Å². The van der Waals surface area contributed by atoms with E-state index in [1.807, 2.05) is 0 Å². The standard InChI is InChI=1S/C19H22F2N2O/c1-23-10-2-3-16-11-15(6-9-18(16)23)13-22-12-14-4-7-17(8-5-14)24-19(20)21/h4-9,11,19,22H,2-3,10,12-13H2,1H3. The third-order valence-electron chi connectivity index (χ3n) is 4.30. The third kappa shape index (κ3) is 4.23. The maximum Gasteiger partial charge on any atom is 0.387 e. The van der Waals surface area contributed by atoms with Crippen LogP contribution in [0.4, 0.5) is 14.5 Å². The Morgan fingerprint density at radius 1 is 1.08 bits per heavy atom. The Morgan fingerprint density at radius 3 is 2.54 bits per heavy atom. The van der Waals surface area contributed by atoms with Gasteiger partial charge in [0.05, 0.1) is 0 Å². The molecule has 0 saturated heterocycles. The lowest BCUT2D eigenvalue weighted by Crippen LogP contribution is -2.24. The number of fused-ring (bicyclic) bond motifs is 1. The van der Waals surface area contributed by atoms with E-state index in [2.05, 4.69) is 40.2 Å². The van der Waals surface area contributed by atoms with Crippen molar-refractivity contribution in [2.45, 2.75) is 32.5 Å². The molecule has 0 spiro atoms. The molecule has 0 fully saturated rings. The van der Waals surface area contributed by atoms with E-state index < -0.39 is 6.61 Å². The molecule has 0 aromatic heterocycles. The van der Waals surface area contributed by atoms with Gasteiger partial charge in [0.15, 0.2) is 0 Å². The summed E-state index contributed by atoms with van der Waals surface area (Å²) in [5, 5.41) is 3.39. The van der Waals surface area contributed by atoms with Gasteiger partial charge in [0.25, 0.3) is 0 Å². The second-order valence-electron chi connectivity index (χ2n) is 6.11. The molecule has 1 aliphatic rings. The molecule has 0 amide bonds. The summed E-state index contributed by atoms with van der Waals surface area (Å²) in [6, 6.07) is 13.4. The van der Waals surface area contributed by atoms with Crippen molar-refractivity contribution < 1.29 is 13.5 Å². The Morgan fingerprint density at radius 2 is 1.79 bits per heavy atom. The van der Waals surface area contributed by atoms with E-state index in [9.17, 15) is 8.78 Å². The number of hydrogen-bond donors (Lipinski definition) is 1. The average molecular weight is 332 g/mol. The number of alkyl halides is 2. The van der Waals surface area contributed by atoms with Gasteiger partial charge >= 0.3 is 6.61 Å². The van der Waals surface area contributed by atoms with Gasteiger partial charge in [-0.05, 0) is 47.7 Å². The first-order valence-electron chi connectivity index (χ1n) is 8.19. The van der Waals surface area contributed by atoms with Crippen LogP contribution >= 0.6 is 0 Å². The molecule has 0 saturated carbocycles. The molecule has 2 aromatic carbocycles. The number of ether oxygens (including phenoxy) is 1. The van der Waals surface area contributed by atoms with E-state index in [0.717, 1.165) is 25.1 Å². The number of benzene rings is 2. The van der Waals surface area contributed by atoms with Gasteiger partial charge in [-0.25, -0.2) is 0 Å². The van der Waals surface area contributed by atoms with Crippen molar-refractivity contribution in [2.75, 3.05) is 18.5 Å². The molecule has 0 bridgehead atoms. The van der Waals surface area contributed by atoms with Crippen molar-refractivity contribution in [1.82, 2.24) is 5.32 Å². The molecular formula is C19H22F2N2O. The van der Waals surface area contributed by atoms with Crippen LogP contribution in [0, 0.1) is 0 Å². The summed E-state index contributed by atoms with van der Waals surface area (Å²) >= 11 is 0. The summed E-state index contributed by atoms with van der Waals surface area (Å²) in [6.45, 7) is -0.189. The van der Waals surface area contributed by atoms with E-state index in [4.69, 9.17) is 0 Å². The zero-order valence-electron chi connectivity index (χ0n) is 13.8. The summed E-state index contributed by atoms with van der Waals surface area (Å²) in [4.78, 5) is 2.30. The maximum absolute atomic E-state index is 12.1. The van der Waals surface area contributed by atoms with Crippen molar-refractivity contribution in [3.63, 3.8) is 0 Å². The highest BCUT2D eigenvalue weighted by atomic mass is 19.3. The maximum atomic E-state index is 12.1. The highest BCUT2D eigenvalue weighted by molar-refractivity contribution is 5.56. The second-order valence-corrected chi connectivity index (χ2v) is 6.11. The van der Waals surface area contributed by atoms with Crippen LogP contribution in [0.25, 0.3) is 0 Å². The number of hydrogen-bond acceptors (Lipinski definition) is 3. The number of nitrogens with zero attached hydrogens (tertiary/aromatic N) is 1. The molecule has 0 radical (unpaired) electrons. The SMILES string of the molecule is CN1CCCc2cc(CNCc3ccc(OC(F)F)cc3)ccc21. The first-order chi connectivity index (χ1) is 11.6. The lowest BCUT2D eigenvalue weighted by atomic mass is 9.99. The summed E-state index contributed by atoms with van der Waals surface area (Å²) in [5.41, 5.74) is 5.05. The van der Waals surface area contributed by atoms with Gasteiger partial charge in [-0.2, -0.15) is 8.78 Å². The van der Waals surface area contributed by atoms with Gasteiger partial charge in [-0.3, -0.25) is 0 Å². The molecule has 128 valence electrons. The van der Waals surface area contributed by atoms with Crippen LogP contribution in [0.15, 0.2) is 42.5 Å². The molecule has 1 aliphatic heterocycles. The van der Waals surface area contributed by atoms with Crippen LogP contribution in [0.2, 0.25) is 0 Å². The first-order valence-corrected chi connectivity index (χ1v) is 8.19. The van der Waals surface area contributed by atoms with E-state index in [0.29, 0.717) is 6.54 Å². The lowest BCUT2D eigenvalue weighted by molar-refractivity contribution is -0.0498. The monoisotopic (exact) mass is 332 g/mol. The van der Waals surface area contributed by atoms with Gasteiger partial charge in [-0.15, -0.1) is 0 Å². The Balaban J connectivity index is 1.53. The van der Waals surface area contributed by atoms with Crippen molar-refractivity contribution in [1.29, 1.82) is 0 Å². The van der Waals surface area contributed by atoms with Crippen molar-refractivity contribution in [2.24, 2.45) is 0 Å². The molecule has 24 heavy (non-hydrogen) atoms. The fourth-order valence-electron chi connectivity index (χ4n) is 3.09. The van der Waals surface area contributed by atoms with Gasteiger partial charge in [0.1, 0.15) is 5.75 Å². The summed E-state index contributed by atoms with van der Waals surface area (Å²) in [6.07, 6.45) is 2.34. The van der Waals surface area contributed by atoms with Gasteiger partial charge < -0.3 is 15.0 Å². The number of nitrogens with one attached hydrogen (secondary N) is 1. The highest BCUT2D eigenvalue weighted by Gasteiger charge is 2.13. The van der Waals surface area contributed by atoms with Crippen LogP contribution in [-0.4, -0.2) is 20.2 Å². The molecule has 2 aromatic rings. The number of aryl methyl sites for hydroxylation is 1. The Labute approximate surface area is 141 Å². The third-order valence-corrected chi connectivity index (χ3v) is 4.30. The van der Waals surface area contributed by atoms with Crippen LogP contribution in [-0.2, 0) is 19.5 Å². The zero-order chi connectivity index (χ0) is 16.9. The molecule has 3 rings (SSSR count). The quantitative estimate of drug-likeness (QED) is 0.866. The van der Waals surface area contributed by atoms with Crippen LogP contribution < -0.4 is 15.0 Å². The number of rotatable bonds is 6. The zero-order valence-corrected chi connectivity index (χ0v) is 13.8. The first kappa shape index (κ1) is 16.7. The number of halogens is 2. The molecule has 0 aliphatic carbocycles. The van der Waals surface area contributed by atoms with Gasteiger partial charge in [0.2, 0.25) is 0 Å². The summed E-state index contributed by atoms with van der Waals surface area (Å²) in [5.74, 6) is 0.188. The fraction of sp³-hybridized carbons (Fsp3) is 0.368. The normalized spacial score (nSPS) is 13.9. The van der Waals surface area contributed by atoms with Crippen LogP contribution in [0.3, 0.4) is 0 Å². The Hall–Kier alpha value is -2.14. The Bertz CT molecular complexity index is 674. The minimum atomic E-state index is -2.78. The largest absolute Gasteiger partial charge is 0.435 e. The van der Waals surface area contributed by atoms with Crippen LogP contribution in [0.5, 0.6) is 5.75 Å². The molecule has 3 nitrogen and oxygen atoms in total. The van der Waals surface area contributed by atoms with Crippen molar-refractivity contribution in [3.8, 4) is 5.75 Å². The van der Waals surface area contributed by atoms with E-state index >= 15 is 0 Å². The molecule has 1 N–H and O–H groups in total. The Kier molecular flexibility index (Phi) is 5.30. The van der Waals surface area contributed by atoms with Crippen LogP contribution in [0.1, 0.15) is 23.1 Å². The van der Waals surface area contributed by atoms with Crippen molar-refractivity contribution >= 4 is 5.69 Å². The highest BCUT2D eigenvalue weighted by Crippen LogP contribution is 2.26. The smallest absolute Gasteiger partial charge is 0.387 e. The predicted molar refractivity (Wildman–Crippen MR) is 91.7 cm³/mol. The van der Waals surface area contributed by atoms with E-state index in [1.165, 1.54) is 23.2 Å². The van der Waals surface area contributed by atoms with E-state index in [1.54, 1.807) is 24.3 Å².